The maximum absolute atomic E-state index is 3.67. The zero-order chi connectivity index (χ0) is 2.00. The minimum Gasteiger partial charge on any atom is -1.00 e. The Morgan fingerprint density at radius 2 is 1.00 bits per heavy atom. The first-order valence-electron chi connectivity index (χ1n) is 0.167. The molecule has 0 N–H and O–H groups in total. The summed E-state index contributed by atoms with van der Waals surface area (Å²) in [6.07, 6.45) is 0. The van der Waals surface area contributed by atoms with E-state index in [0.717, 1.165) is 0 Å². The predicted molar refractivity (Wildman–Crippen MR) is 15.8 cm³/mol. The molecule has 0 aliphatic heterocycles. The topological polar surface area (TPSA) is 0 Å². The molecule has 0 nitrogen and oxygen atoms in total. The molecule has 0 unspecified atom stereocenters. The molecule has 0 atom stereocenters. The fraction of sp³-hybridized carbons (Fsp3) is 0. The van der Waals surface area contributed by atoms with Crippen molar-refractivity contribution < 1.29 is 62.4 Å². The van der Waals surface area contributed by atoms with E-state index in [9.17, 15) is 0 Å². The predicted octanol–water partition coefficient (Wildman–Crippen LogP) is -2.89. The van der Waals surface area contributed by atoms with Crippen molar-refractivity contribution in [1.82, 2.24) is 0 Å². The third kappa shape index (κ3) is 20.4. The Morgan fingerprint density at radius 1 is 1.00 bits per heavy atom. The molecular weight excluding hydrogens is 263 g/mol. The van der Waals surface area contributed by atoms with E-state index >= 15 is 0 Å². The van der Waals surface area contributed by atoms with Crippen molar-refractivity contribution in [2.24, 2.45) is 0 Å². The van der Waals surface area contributed by atoms with Crippen LogP contribution in [0.1, 0.15) is 1.43 Å². The first-order chi connectivity index (χ1) is 1.00. The van der Waals surface area contributed by atoms with E-state index in [-0.39, 0.29) is 62.4 Å². The van der Waals surface area contributed by atoms with Crippen molar-refractivity contribution >= 4 is 23.3 Å². The van der Waals surface area contributed by atoms with Gasteiger partial charge >= 0.3 is 18.9 Å². The summed E-state index contributed by atoms with van der Waals surface area (Å²) in [5.74, 6) is 0. The normalized spacial score (nSPS) is 1.20. The maximum Gasteiger partial charge on any atom is 1.00 e. The van der Waals surface area contributed by atoms with E-state index in [1.165, 1.54) is 0 Å². The molecule has 28 valence electrons. The van der Waals surface area contributed by atoms with Gasteiger partial charge in [0.15, 0.2) is 0 Å². The summed E-state index contributed by atoms with van der Waals surface area (Å²) in [7, 11) is 0. The summed E-state index contributed by atoms with van der Waals surface area (Å²) in [6.45, 7) is 0. The molecule has 0 rings (SSSR count). The van der Waals surface area contributed by atoms with Crippen LogP contribution in [0, 0.1) is 0 Å². The van der Waals surface area contributed by atoms with Crippen molar-refractivity contribution in [2.45, 2.75) is 0 Å². The minimum absolute atomic E-state index is 0. The van der Waals surface area contributed by atoms with Crippen LogP contribution in [0.4, 0.5) is 0 Å². The summed E-state index contributed by atoms with van der Waals surface area (Å²) in [5.41, 5.74) is 0. The van der Waals surface area contributed by atoms with Crippen molar-refractivity contribution in [3.63, 3.8) is 0 Å². The van der Waals surface area contributed by atoms with Crippen LogP contribution in [0.3, 0.4) is 0 Å². The van der Waals surface area contributed by atoms with Gasteiger partial charge in [0.05, 0.1) is 0 Å². The van der Waals surface area contributed by atoms with Crippen LogP contribution in [0.2, 0.25) is 0 Å². The van der Waals surface area contributed by atoms with Crippen molar-refractivity contribution in [3.05, 3.63) is 0 Å². The molecule has 0 radical (unpaired) electrons. The van der Waals surface area contributed by atoms with Gasteiger partial charge in [-0.1, -0.05) is 0 Å². The van der Waals surface area contributed by atoms with Gasteiger partial charge in [0.2, 0.25) is 0 Å². The molecule has 0 aromatic carbocycles. The van der Waals surface area contributed by atoms with Crippen LogP contribution >= 0.6 is 0 Å². The smallest absolute Gasteiger partial charge is 1.00 e. The van der Waals surface area contributed by atoms with E-state index in [1.54, 1.807) is 0 Å². The molecule has 5 heavy (non-hydrogen) atoms. The number of rotatable bonds is 0. The minimum atomic E-state index is 0. The summed E-state index contributed by atoms with van der Waals surface area (Å²) in [5, 5.41) is 0. The monoisotopic (exact) mass is 268 g/mol. The summed E-state index contributed by atoms with van der Waals surface area (Å²) in [4.78, 5) is 0. The van der Waals surface area contributed by atoms with Crippen molar-refractivity contribution in [1.29, 1.82) is 0 Å². The van der Waals surface area contributed by atoms with Crippen LogP contribution < -0.4 is 18.9 Å². The fourth-order valence-electron chi connectivity index (χ4n) is 0. The molecule has 0 aliphatic rings. The fourth-order valence-corrected chi connectivity index (χ4v) is 0. The Balaban J connectivity index is -0.000000000833. The standard InChI is InChI=1S/Li.2Mo.S2.H/c;;;1-2;/q+1;;;-2;-1. The van der Waals surface area contributed by atoms with E-state index in [0.29, 0.717) is 0 Å². The Morgan fingerprint density at radius 3 is 1.00 bits per heavy atom. The van der Waals surface area contributed by atoms with Crippen LogP contribution in [-0.2, 0) is 65.5 Å². The van der Waals surface area contributed by atoms with Crippen LogP contribution in [0.25, 0.3) is 0 Å². The van der Waals surface area contributed by atoms with Crippen molar-refractivity contribution in [3.8, 4) is 0 Å². The van der Waals surface area contributed by atoms with Crippen LogP contribution in [0.15, 0.2) is 0 Å². The van der Waals surface area contributed by atoms with Gasteiger partial charge in [0.1, 0.15) is 0 Å². The third-order valence-electron chi connectivity index (χ3n) is 0. The Kier molecular flexibility index (Phi) is 152. The van der Waals surface area contributed by atoms with Gasteiger partial charge < -0.3 is 24.7 Å². The Labute approximate surface area is 84.6 Å². The van der Waals surface area contributed by atoms with Gasteiger partial charge in [-0.05, 0) is 0 Å². The van der Waals surface area contributed by atoms with Crippen LogP contribution in [-0.4, -0.2) is 0 Å². The molecule has 0 saturated heterocycles. The molecule has 0 heterocycles. The Hall–Kier alpha value is 2.67. The first kappa shape index (κ1) is 25.3. The molecule has 0 bridgehead atoms. The van der Waals surface area contributed by atoms with Gasteiger partial charge in [0.25, 0.3) is 0 Å². The quantitative estimate of drug-likeness (QED) is 0.262. The molecule has 0 saturated carbocycles. The zero-order valence-electron chi connectivity index (χ0n) is 3.63. The van der Waals surface area contributed by atoms with E-state index in [4.69, 9.17) is 0 Å². The summed E-state index contributed by atoms with van der Waals surface area (Å²) >= 11 is 7.33. The summed E-state index contributed by atoms with van der Waals surface area (Å²) in [6, 6.07) is 0. The van der Waals surface area contributed by atoms with E-state index in [1.807, 2.05) is 0 Å². The molecule has 0 fully saturated rings. The second-order valence-corrected chi connectivity index (χ2v) is 0. The SMILES string of the molecule is [H-].[Li+].[Mo].[Mo].[S-][S-]. The molecule has 0 amide bonds. The van der Waals surface area contributed by atoms with E-state index in [2.05, 4.69) is 23.3 Å². The molecule has 0 spiro atoms. The maximum atomic E-state index is 3.67. The number of hydrogen-bond acceptors (Lipinski definition) is 2. The van der Waals surface area contributed by atoms with Crippen molar-refractivity contribution in [2.75, 3.05) is 0 Å². The average Bonchev–Trinajstić information content (AvgIpc) is 1.00. The second kappa shape index (κ2) is 30.0. The van der Waals surface area contributed by atoms with Gasteiger partial charge in [0, 0.05) is 42.1 Å². The van der Waals surface area contributed by atoms with Gasteiger partial charge in [-0.15, -0.1) is 0 Å². The Bertz CT molecular complexity index is 11.5. The largest absolute Gasteiger partial charge is 1.00 e. The molecule has 5 heteroatoms. The van der Waals surface area contributed by atoms with Gasteiger partial charge in [-0.3, -0.25) is 0 Å². The summed E-state index contributed by atoms with van der Waals surface area (Å²) < 4.78 is 0. The molecule has 0 aliphatic carbocycles. The first-order valence-corrected chi connectivity index (χ1v) is 1.50. The van der Waals surface area contributed by atoms with E-state index < -0.39 is 0 Å². The number of hydrogen-bond donors (Lipinski definition) is 0. The third-order valence-corrected chi connectivity index (χ3v) is 0. The zero-order valence-corrected chi connectivity index (χ0v) is 8.28. The molecule has 0 aromatic rings. The van der Waals surface area contributed by atoms with Crippen LogP contribution in [0.5, 0.6) is 0 Å². The van der Waals surface area contributed by atoms with Gasteiger partial charge in [-0.25, -0.2) is 0 Å². The second-order valence-electron chi connectivity index (χ2n) is 0. The average molecular weight is 264 g/mol. The van der Waals surface area contributed by atoms with Gasteiger partial charge in [-0.2, -0.15) is 0 Å². The molecular formula is HLiMo2S2-2. The molecule has 0 aromatic heterocycles.